The average Bonchev–Trinajstić information content (AvgIpc) is 3.65. The Labute approximate surface area is 321 Å². The van der Waals surface area contributed by atoms with E-state index in [1.54, 1.807) is 24.3 Å². The van der Waals surface area contributed by atoms with Crippen molar-refractivity contribution in [2.45, 2.75) is 50.5 Å². The fourth-order valence-corrected chi connectivity index (χ4v) is 8.02. The van der Waals surface area contributed by atoms with Gasteiger partial charge in [-0.2, -0.15) is 4.73 Å². The largest absolute Gasteiger partial charge is 0.619 e. The lowest BCUT2D eigenvalue weighted by Crippen LogP contribution is -2.55. The molecule has 3 aliphatic heterocycles. The normalized spacial score (nSPS) is 19.2. The average molecular weight is 787 g/mol. The van der Waals surface area contributed by atoms with Crippen LogP contribution in [-0.4, -0.2) is 68.4 Å². The summed E-state index contributed by atoms with van der Waals surface area (Å²) in [5.41, 5.74) is 0.739. The van der Waals surface area contributed by atoms with Gasteiger partial charge in [0, 0.05) is 30.0 Å². The number of thiophene rings is 1. The minimum absolute atomic E-state index is 0.0939. The lowest BCUT2D eigenvalue weighted by Gasteiger charge is -2.45. The number of ether oxygens (including phenoxy) is 4. The Morgan fingerprint density at radius 1 is 1.06 bits per heavy atom. The van der Waals surface area contributed by atoms with Crippen LogP contribution >= 0.6 is 34.5 Å². The molecular formula is C38H41Cl2N3O9S. The number of piperidine rings is 3. The van der Waals surface area contributed by atoms with Gasteiger partial charge in [-0.15, -0.1) is 11.3 Å². The van der Waals surface area contributed by atoms with E-state index in [0.717, 1.165) is 42.9 Å². The molecule has 7 rings (SSSR count). The summed E-state index contributed by atoms with van der Waals surface area (Å²) >= 11 is 14.1. The zero-order valence-corrected chi connectivity index (χ0v) is 31.8. The summed E-state index contributed by atoms with van der Waals surface area (Å²) in [4.78, 5) is 39.4. The topological polar surface area (TPSA) is 151 Å². The van der Waals surface area contributed by atoms with Gasteiger partial charge in [-0.3, -0.25) is 15.0 Å². The summed E-state index contributed by atoms with van der Waals surface area (Å²) in [6, 6.07) is 18.3. The Balaban J connectivity index is 0.00000175. The molecule has 0 saturated carbocycles. The molecule has 0 radical (unpaired) electrons. The van der Waals surface area contributed by atoms with Crippen molar-refractivity contribution in [3.63, 3.8) is 0 Å². The predicted molar refractivity (Wildman–Crippen MR) is 200 cm³/mol. The first-order valence-electron chi connectivity index (χ1n) is 16.9. The van der Waals surface area contributed by atoms with Crippen LogP contribution in [0.2, 0.25) is 10.0 Å². The van der Waals surface area contributed by atoms with Gasteiger partial charge in [0.05, 0.1) is 14.2 Å². The van der Waals surface area contributed by atoms with Gasteiger partial charge in [0.25, 0.3) is 6.47 Å². The quantitative estimate of drug-likeness (QED) is 0.0692. The smallest absolute Gasteiger partial charge is 0.348 e. The number of carbonyl (C=O) groups excluding carboxylic acids is 2. The number of nitrogens with one attached hydrogen (secondary N) is 1. The van der Waals surface area contributed by atoms with Crippen LogP contribution in [0.5, 0.6) is 11.5 Å². The van der Waals surface area contributed by atoms with Crippen LogP contribution in [0.25, 0.3) is 0 Å². The molecular weight excluding hydrogens is 745 g/mol. The zero-order chi connectivity index (χ0) is 38.1. The standard InChI is InChI=1S/C37H39Cl2N3O7S.CH2O2/c1-37(25-7-5-4-6-8-25,36(44)49-33-22-41-15-13-23(33)14-16-41)40-19-26-10-12-34(50-26)35(43)48-31(18-27-28(38)20-42(45)21-29(27)39)24-9-11-30(46-2)32(17-24)47-3;2-1-3/h4-12,17,20-21,23,31,33,40H,13-16,18-19,22H2,1-3H3;1H,(H,2,3)/t31?,33-,37?;/m0./s1. The molecule has 15 heteroatoms. The SMILES string of the molecule is COc1ccc(C(Cc2c(Cl)c[n+]([O-])cc2Cl)OC(=O)c2ccc(CNC(C)(C(=O)O[C@H]3CN4CCC3CC4)c3ccccc3)s2)cc1OC.O=CO. The molecule has 3 fully saturated rings. The first kappa shape index (κ1) is 39.8. The highest BCUT2D eigenvalue weighted by atomic mass is 35.5. The number of hydrogen-bond acceptors (Lipinski definition) is 11. The van der Waals surface area contributed by atoms with Gasteiger partial charge in [0.2, 0.25) is 0 Å². The van der Waals surface area contributed by atoms with E-state index in [-0.39, 0.29) is 35.0 Å². The number of nitrogens with zero attached hydrogens (tertiary/aromatic N) is 2. The predicted octanol–water partition coefficient (Wildman–Crippen LogP) is 6.19. The zero-order valence-electron chi connectivity index (χ0n) is 29.5. The van der Waals surface area contributed by atoms with Crippen LogP contribution in [0, 0.1) is 11.1 Å². The maximum Gasteiger partial charge on any atom is 0.348 e. The molecule has 2 N–H and O–H groups in total. The molecule has 3 saturated heterocycles. The van der Waals surface area contributed by atoms with E-state index in [1.807, 2.05) is 43.3 Å². The van der Waals surface area contributed by atoms with Crippen molar-refractivity contribution in [3.05, 3.63) is 115 Å². The number of fused-ring (bicyclic) bond motifs is 3. The summed E-state index contributed by atoms with van der Waals surface area (Å²) in [6.45, 7) is 4.78. The number of methoxy groups -OCH3 is 2. The Bertz CT molecular complexity index is 1860. The van der Waals surface area contributed by atoms with E-state index in [9.17, 15) is 14.8 Å². The third-order valence-corrected chi connectivity index (χ3v) is 11.3. The summed E-state index contributed by atoms with van der Waals surface area (Å²) in [7, 11) is 3.05. The van der Waals surface area contributed by atoms with Gasteiger partial charge in [-0.05, 0) is 74.2 Å². The van der Waals surface area contributed by atoms with Gasteiger partial charge in [-0.1, -0.05) is 59.6 Å². The number of carbonyl (C=O) groups is 3. The van der Waals surface area contributed by atoms with E-state index in [0.29, 0.717) is 44.7 Å². The highest BCUT2D eigenvalue weighted by molar-refractivity contribution is 7.13. The Morgan fingerprint density at radius 2 is 1.72 bits per heavy atom. The number of hydrogen-bond donors (Lipinski definition) is 2. The molecule has 282 valence electrons. The van der Waals surface area contributed by atoms with Gasteiger partial charge >= 0.3 is 11.9 Å². The lowest BCUT2D eigenvalue weighted by atomic mass is 9.85. The number of rotatable bonds is 13. The van der Waals surface area contributed by atoms with E-state index < -0.39 is 17.6 Å². The number of halogens is 2. The van der Waals surface area contributed by atoms with E-state index in [4.69, 9.17) is 52.1 Å². The first-order valence-corrected chi connectivity index (χ1v) is 18.5. The van der Waals surface area contributed by atoms with Crippen LogP contribution in [-0.2, 0) is 37.6 Å². The molecule has 4 aromatic rings. The number of carboxylic acid groups (broad SMARTS) is 1. The van der Waals surface area contributed by atoms with Gasteiger partial charge in [-0.25, -0.2) is 9.59 Å². The van der Waals surface area contributed by atoms with Crippen molar-refractivity contribution in [2.75, 3.05) is 33.9 Å². The molecule has 2 aromatic heterocycles. The molecule has 12 nitrogen and oxygen atoms in total. The number of pyridine rings is 1. The number of benzene rings is 2. The molecule has 53 heavy (non-hydrogen) atoms. The lowest BCUT2D eigenvalue weighted by molar-refractivity contribution is -0.605. The van der Waals surface area contributed by atoms with E-state index >= 15 is 0 Å². The summed E-state index contributed by atoms with van der Waals surface area (Å²) < 4.78 is 23.7. The van der Waals surface area contributed by atoms with Gasteiger partial charge in [0.1, 0.15) is 32.7 Å². The Kier molecular flexibility index (Phi) is 13.6. The molecule has 0 spiro atoms. The number of aromatic nitrogens is 1. The molecule has 0 aliphatic carbocycles. The van der Waals surface area contributed by atoms with Crippen LogP contribution in [0.1, 0.15) is 57.1 Å². The van der Waals surface area contributed by atoms with Crippen molar-refractivity contribution < 1.29 is 43.2 Å². The van der Waals surface area contributed by atoms with Crippen LogP contribution in [0.3, 0.4) is 0 Å². The van der Waals surface area contributed by atoms with Crippen LogP contribution in [0.15, 0.2) is 73.1 Å². The monoisotopic (exact) mass is 785 g/mol. The first-order chi connectivity index (χ1) is 25.5. The highest BCUT2D eigenvalue weighted by Gasteiger charge is 2.42. The number of esters is 2. The van der Waals surface area contributed by atoms with Crippen molar-refractivity contribution in [1.29, 1.82) is 0 Å². The van der Waals surface area contributed by atoms with Gasteiger partial charge < -0.3 is 29.3 Å². The van der Waals surface area contributed by atoms with E-state index in [1.165, 1.54) is 38.0 Å². The maximum absolute atomic E-state index is 13.9. The van der Waals surface area contributed by atoms with Crippen molar-refractivity contribution >= 4 is 52.9 Å². The fraction of sp³-hybridized carbons (Fsp3) is 0.368. The Morgan fingerprint density at radius 3 is 2.32 bits per heavy atom. The second-order valence-corrected chi connectivity index (χ2v) is 14.8. The molecule has 5 heterocycles. The molecule has 2 aromatic carbocycles. The summed E-state index contributed by atoms with van der Waals surface area (Å²) in [5.74, 6) is 0.462. The highest BCUT2D eigenvalue weighted by Crippen LogP contribution is 2.36. The molecule has 2 unspecified atom stereocenters. The summed E-state index contributed by atoms with van der Waals surface area (Å²) in [6.07, 6.45) is 3.61. The third-order valence-electron chi connectivity index (χ3n) is 9.57. The third kappa shape index (κ3) is 9.59. The van der Waals surface area contributed by atoms with Crippen molar-refractivity contribution in [3.8, 4) is 11.5 Å². The van der Waals surface area contributed by atoms with E-state index in [2.05, 4.69) is 10.2 Å². The van der Waals surface area contributed by atoms with Gasteiger partial charge in [0.15, 0.2) is 23.9 Å². The molecule has 3 atom stereocenters. The van der Waals surface area contributed by atoms with Crippen LogP contribution < -0.4 is 19.5 Å². The van der Waals surface area contributed by atoms with Crippen molar-refractivity contribution in [1.82, 2.24) is 10.2 Å². The maximum atomic E-state index is 13.9. The van der Waals surface area contributed by atoms with Crippen molar-refractivity contribution in [2.24, 2.45) is 5.92 Å². The molecule has 0 amide bonds. The molecule has 3 aliphatic rings. The molecule has 2 bridgehead atoms. The van der Waals surface area contributed by atoms with Crippen LogP contribution in [0.4, 0.5) is 0 Å². The minimum Gasteiger partial charge on any atom is -0.619 e. The fourth-order valence-electron chi connectivity index (χ4n) is 6.59. The second-order valence-electron chi connectivity index (χ2n) is 12.8. The minimum atomic E-state index is -1.12. The summed E-state index contributed by atoms with van der Waals surface area (Å²) in [5, 5.41) is 22.5. The second kappa shape index (κ2) is 18.1. The Hall–Kier alpha value is -4.40.